The number of hydrogen-bond acceptors (Lipinski definition) is 6. The Kier molecular flexibility index (Phi) is 4.95. The Morgan fingerprint density at radius 2 is 2.23 bits per heavy atom. The highest BCUT2D eigenvalue weighted by molar-refractivity contribution is 6.31. The third-order valence-electron chi connectivity index (χ3n) is 3.08. The van der Waals surface area contributed by atoms with Crippen molar-refractivity contribution < 1.29 is 14.3 Å². The summed E-state index contributed by atoms with van der Waals surface area (Å²) < 4.78 is 10.4. The number of nitrogens with zero attached hydrogens (tertiary/aromatic N) is 3. The summed E-state index contributed by atoms with van der Waals surface area (Å²) in [6.45, 7) is 6.74. The van der Waals surface area contributed by atoms with E-state index < -0.39 is 5.60 Å². The largest absolute Gasteiger partial charge is 0.480 e. The molecule has 1 N–H and O–H groups in total. The second-order valence-corrected chi connectivity index (χ2v) is 6.51. The summed E-state index contributed by atoms with van der Waals surface area (Å²) in [6, 6.07) is 0.0680. The first-order chi connectivity index (χ1) is 10.3. The molecule has 2 rings (SSSR count). The average molecular weight is 329 g/mol. The average Bonchev–Trinajstić information content (AvgIpc) is 2.87. The number of hydrogen-bond donors (Lipinski definition) is 1. The molecule has 1 saturated heterocycles. The van der Waals surface area contributed by atoms with Crippen LogP contribution >= 0.6 is 11.6 Å². The number of likely N-dealkylation sites (tertiary alicyclic amines) is 1. The third kappa shape index (κ3) is 4.37. The zero-order chi connectivity index (χ0) is 16.3. The van der Waals surface area contributed by atoms with Crippen molar-refractivity contribution in [1.29, 1.82) is 0 Å². The van der Waals surface area contributed by atoms with Gasteiger partial charge in [0, 0.05) is 19.1 Å². The minimum atomic E-state index is -0.491. The second-order valence-electron chi connectivity index (χ2n) is 6.11. The smallest absolute Gasteiger partial charge is 0.410 e. The molecule has 22 heavy (non-hydrogen) atoms. The molecular formula is C14H21ClN4O3. The van der Waals surface area contributed by atoms with Crippen LogP contribution in [0.5, 0.6) is 5.88 Å². The van der Waals surface area contributed by atoms with Gasteiger partial charge in [0.25, 0.3) is 0 Å². The lowest BCUT2D eigenvalue weighted by Crippen LogP contribution is -2.36. The van der Waals surface area contributed by atoms with Crippen molar-refractivity contribution in [3.63, 3.8) is 0 Å². The normalized spacial score (nSPS) is 18.2. The van der Waals surface area contributed by atoms with Crippen molar-refractivity contribution in [2.24, 2.45) is 0 Å². The molecule has 0 aliphatic carbocycles. The number of carbonyl (C=O) groups is 1. The highest BCUT2D eigenvalue weighted by Gasteiger charge is 2.30. The minimum Gasteiger partial charge on any atom is -0.480 e. The van der Waals surface area contributed by atoms with Crippen LogP contribution in [0.2, 0.25) is 5.02 Å². The molecule has 1 fully saturated rings. The van der Waals surface area contributed by atoms with E-state index in [1.54, 1.807) is 4.90 Å². The maximum Gasteiger partial charge on any atom is 0.410 e. The summed E-state index contributed by atoms with van der Waals surface area (Å²) in [4.78, 5) is 22.0. The monoisotopic (exact) mass is 328 g/mol. The van der Waals surface area contributed by atoms with Gasteiger partial charge in [0.1, 0.15) is 10.6 Å². The zero-order valence-electron chi connectivity index (χ0n) is 13.2. The van der Waals surface area contributed by atoms with Gasteiger partial charge in [0.15, 0.2) is 0 Å². The Morgan fingerprint density at radius 3 is 2.86 bits per heavy atom. The topological polar surface area (TPSA) is 76.6 Å². The van der Waals surface area contributed by atoms with Gasteiger partial charge in [0.2, 0.25) is 11.8 Å². The fraction of sp³-hybridized carbons (Fsp3) is 0.643. The summed E-state index contributed by atoms with van der Waals surface area (Å²) in [7, 11) is 1.50. The van der Waals surface area contributed by atoms with E-state index in [2.05, 4.69) is 15.3 Å². The van der Waals surface area contributed by atoms with Crippen LogP contribution < -0.4 is 10.1 Å². The van der Waals surface area contributed by atoms with Crippen LogP contribution in [-0.4, -0.2) is 52.8 Å². The fourth-order valence-electron chi connectivity index (χ4n) is 2.12. The number of amides is 1. The van der Waals surface area contributed by atoms with E-state index in [0.29, 0.717) is 29.9 Å². The molecule has 1 aromatic rings. The van der Waals surface area contributed by atoms with E-state index in [1.807, 2.05) is 20.8 Å². The number of halogens is 1. The Bertz CT molecular complexity index is 547. The molecule has 7 nitrogen and oxygen atoms in total. The molecule has 0 aromatic carbocycles. The molecular weight excluding hydrogens is 308 g/mol. The van der Waals surface area contributed by atoms with Crippen molar-refractivity contribution in [1.82, 2.24) is 14.9 Å². The van der Waals surface area contributed by atoms with Crippen LogP contribution in [-0.2, 0) is 4.74 Å². The van der Waals surface area contributed by atoms with E-state index in [0.717, 1.165) is 6.42 Å². The molecule has 0 spiro atoms. The molecule has 1 aliphatic heterocycles. The second kappa shape index (κ2) is 6.56. The Balaban J connectivity index is 1.92. The van der Waals surface area contributed by atoms with Gasteiger partial charge in [0.05, 0.1) is 13.3 Å². The van der Waals surface area contributed by atoms with Gasteiger partial charge in [-0.05, 0) is 27.2 Å². The van der Waals surface area contributed by atoms with Crippen molar-refractivity contribution in [3.8, 4) is 5.88 Å². The number of ether oxygens (including phenoxy) is 2. The summed E-state index contributed by atoms with van der Waals surface area (Å²) in [5.74, 6) is 0.749. The molecule has 2 heterocycles. The number of anilines is 1. The molecule has 1 atom stereocenters. The van der Waals surface area contributed by atoms with E-state index in [1.165, 1.54) is 13.3 Å². The quantitative estimate of drug-likeness (QED) is 0.919. The van der Waals surface area contributed by atoms with Crippen LogP contribution in [0.3, 0.4) is 0 Å². The lowest BCUT2D eigenvalue weighted by molar-refractivity contribution is 0.0293. The fourth-order valence-corrected chi connectivity index (χ4v) is 2.29. The SMILES string of the molecule is COc1nc(N[C@H]2CCN(C(=O)OC(C)(C)C)C2)ncc1Cl. The van der Waals surface area contributed by atoms with Gasteiger partial charge in [-0.2, -0.15) is 4.98 Å². The number of carbonyl (C=O) groups excluding carboxylic acids is 1. The van der Waals surface area contributed by atoms with E-state index in [9.17, 15) is 4.79 Å². The van der Waals surface area contributed by atoms with Gasteiger partial charge >= 0.3 is 6.09 Å². The van der Waals surface area contributed by atoms with Crippen LogP contribution in [0.1, 0.15) is 27.2 Å². The van der Waals surface area contributed by atoms with Crippen molar-refractivity contribution in [3.05, 3.63) is 11.2 Å². The Hall–Kier alpha value is -1.76. The number of methoxy groups -OCH3 is 1. The van der Waals surface area contributed by atoms with E-state index in [-0.39, 0.29) is 12.1 Å². The van der Waals surface area contributed by atoms with Gasteiger partial charge in [-0.15, -0.1) is 0 Å². The lowest BCUT2D eigenvalue weighted by Gasteiger charge is -2.24. The predicted molar refractivity (Wildman–Crippen MR) is 83.4 cm³/mol. The van der Waals surface area contributed by atoms with Gasteiger partial charge < -0.3 is 19.7 Å². The van der Waals surface area contributed by atoms with E-state index >= 15 is 0 Å². The van der Waals surface area contributed by atoms with Gasteiger partial charge in [-0.25, -0.2) is 9.78 Å². The van der Waals surface area contributed by atoms with Gasteiger partial charge in [-0.3, -0.25) is 0 Å². The van der Waals surface area contributed by atoms with Crippen molar-refractivity contribution in [2.45, 2.75) is 38.8 Å². The lowest BCUT2D eigenvalue weighted by atomic mass is 10.2. The van der Waals surface area contributed by atoms with Crippen molar-refractivity contribution >= 4 is 23.6 Å². The van der Waals surface area contributed by atoms with Crippen LogP contribution in [0, 0.1) is 0 Å². The highest BCUT2D eigenvalue weighted by atomic mass is 35.5. The summed E-state index contributed by atoms with van der Waals surface area (Å²) >= 11 is 5.89. The maximum atomic E-state index is 12.0. The molecule has 122 valence electrons. The third-order valence-corrected chi connectivity index (χ3v) is 3.34. The maximum absolute atomic E-state index is 12.0. The van der Waals surface area contributed by atoms with E-state index in [4.69, 9.17) is 21.1 Å². The Morgan fingerprint density at radius 1 is 1.50 bits per heavy atom. The zero-order valence-corrected chi connectivity index (χ0v) is 14.0. The molecule has 0 bridgehead atoms. The van der Waals surface area contributed by atoms with Gasteiger partial charge in [-0.1, -0.05) is 11.6 Å². The van der Waals surface area contributed by atoms with Crippen LogP contribution in [0.25, 0.3) is 0 Å². The van der Waals surface area contributed by atoms with Crippen molar-refractivity contribution in [2.75, 3.05) is 25.5 Å². The van der Waals surface area contributed by atoms with Crippen LogP contribution in [0.15, 0.2) is 6.20 Å². The summed E-state index contributed by atoms with van der Waals surface area (Å²) in [5.41, 5.74) is -0.491. The number of rotatable bonds is 3. The first-order valence-electron chi connectivity index (χ1n) is 7.09. The van der Waals surface area contributed by atoms with Crippen LogP contribution in [0.4, 0.5) is 10.7 Å². The number of aromatic nitrogens is 2. The molecule has 8 heteroatoms. The predicted octanol–water partition coefficient (Wildman–Crippen LogP) is 2.56. The molecule has 0 saturated carbocycles. The molecule has 0 unspecified atom stereocenters. The molecule has 0 radical (unpaired) electrons. The summed E-state index contributed by atoms with van der Waals surface area (Å²) in [5, 5.41) is 3.54. The highest BCUT2D eigenvalue weighted by Crippen LogP contribution is 2.23. The first kappa shape index (κ1) is 16.6. The number of nitrogens with one attached hydrogen (secondary N) is 1. The summed E-state index contributed by atoms with van der Waals surface area (Å²) in [6.07, 6.45) is 1.98. The molecule has 1 amide bonds. The molecule has 1 aliphatic rings. The Labute approximate surface area is 135 Å². The standard InChI is InChI=1S/C14H21ClN4O3/c1-14(2,3)22-13(20)19-6-5-9(8-19)17-12-16-7-10(15)11(18-12)21-4/h7,9H,5-6,8H2,1-4H3,(H,16,17,18)/t9-/m0/s1. The minimum absolute atomic E-state index is 0.0680. The molecule has 1 aromatic heterocycles. The first-order valence-corrected chi connectivity index (χ1v) is 7.47.